The Kier molecular flexibility index (Phi) is 3.06. The van der Waals surface area contributed by atoms with Gasteiger partial charge in [-0.25, -0.2) is 9.59 Å². The number of carbonyl (C=O) groups excluding carboxylic acids is 3. The van der Waals surface area contributed by atoms with E-state index in [9.17, 15) is 14.4 Å². The Balaban J connectivity index is 2.51. The molecule has 0 aromatic rings. The van der Waals surface area contributed by atoms with E-state index >= 15 is 0 Å². The Labute approximate surface area is 79.3 Å². The van der Waals surface area contributed by atoms with Crippen molar-refractivity contribution >= 4 is 25.5 Å². The van der Waals surface area contributed by atoms with Gasteiger partial charge in [0.1, 0.15) is 0 Å². The highest BCUT2D eigenvalue weighted by atomic mass is 16.8. The normalized spacial score (nSPS) is 16.0. The summed E-state index contributed by atoms with van der Waals surface area (Å²) in [5.41, 5.74) is 0.129. The van der Waals surface area contributed by atoms with Gasteiger partial charge in [-0.2, -0.15) is 0 Å². The molecule has 72 valence electrons. The van der Waals surface area contributed by atoms with Crippen molar-refractivity contribution in [2.24, 2.45) is 0 Å². The maximum atomic E-state index is 10.5. The minimum Gasteiger partial charge on any atom is -0.495 e. The smallest absolute Gasteiger partial charge is 0.495 e. The molecule has 0 aromatic carbocycles. The summed E-state index contributed by atoms with van der Waals surface area (Å²) in [6.07, 6.45) is 2.67. The van der Waals surface area contributed by atoms with Gasteiger partial charge < -0.3 is 14.0 Å². The number of rotatable bonds is 4. The molecule has 1 heterocycles. The molecule has 0 atom stereocenters. The largest absolute Gasteiger partial charge is 0.868 e. The van der Waals surface area contributed by atoms with Crippen molar-refractivity contribution in [2.75, 3.05) is 0 Å². The fourth-order valence-corrected chi connectivity index (χ4v) is 0.609. The molecule has 6 nitrogen and oxygen atoms in total. The number of carbonyl (C=O) groups is 3. The molecule has 0 aliphatic carbocycles. The van der Waals surface area contributed by atoms with Crippen LogP contribution < -0.4 is 0 Å². The minimum absolute atomic E-state index is 0.129. The molecule has 0 spiro atoms. The molecule has 0 radical (unpaired) electrons. The van der Waals surface area contributed by atoms with Crippen LogP contribution >= 0.6 is 0 Å². The van der Waals surface area contributed by atoms with Crippen molar-refractivity contribution in [1.82, 2.24) is 0 Å². The van der Waals surface area contributed by atoms with Gasteiger partial charge in [0, 0.05) is 5.57 Å². The fourth-order valence-electron chi connectivity index (χ4n) is 0.609. The Morgan fingerprint density at radius 2 is 1.93 bits per heavy atom. The van der Waals surface area contributed by atoms with Gasteiger partial charge in [0.2, 0.25) is 0 Å². The third-order valence-corrected chi connectivity index (χ3v) is 1.26. The van der Waals surface area contributed by atoms with Crippen LogP contribution in [0.2, 0.25) is 0 Å². The third kappa shape index (κ3) is 2.22. The fraction of sp³-hybridized carbons (Fsp3) is 0. The summed E-state index contributed by atoms with van der Waals surface area (Å²) in [6.45, 7) is 3.31. The average molecular weight is 196 g/mol. The van der Waals surface area contributed by atoms with E-state index in [1.807, 2.05) is 0 Å². The minimum atomic E-state index is -1.43. The average Bonchev–Trinajstić information content (AvgIpc) is 2.48. The molecule has 0 amide bonds. The van der Waals surface area contributed by atoms with Crippen molar-refractivity contribution in [1.29, 1.82) is 0 Å². The monoisotopic (exact) mass is 196 g/mol. The summed E-state index contributed by atoms with van der Waals surface area (Å²) in [6, 6.07) is 0. The quantitative estimate of drug-likeness (QED) is 0.148. The molecule has 1 rings (SSSR count). The first kappa shape index (κ1) is 10.0. The second kappa shape index (κ2) is 4.26. The van der Waals surface area contributed by atoms with Crippen LogP contribution in [0.25, 0.3) is 0 Å². The van der Waals surface area contributed by atoms with E-state index < -0.39 is 19.3 Å². The molecule has 1 saturated heterocycles. The SMILES string of the molecule is C=C/C(C=O)=C/OB1OC(=O)C(=O)O1. The van der Waals surface area contributed by atoms with Gasteiger partial charge in [-0.1, -0.05) is 12.7 Å². The molecule has 0 N–H and O–H groups in total. The molecule has 1 fully saturated rings. The lowest BCUT2D eigenvalue weighted by Crippen LogP contribution is -2.17. The van der Waals surface area contributed by atoms with Crippen LogP contribution in [0.5, 0.6) is 0 Å². The van der Waals surface area contributed by atoms with Gasteiger partial charge in [0.05, 0.1) is 6.26 Å². The first-order valence-corrected chi connectivity index (χ1v) is 3.52. The zero-order valence-electron chi connectivity index (χ0n) is 6.97. The van der Waals surface area contributed by atoms with Gasteiger partial charge in [0.15, 0.2) is 6.29 Å². The topological polar surface area (TPSA) is 78.9 Å². The molecule has 1 aliphatic heterocycles. The predicted octanol–water partition coefficient (Wildman–Crippen LogP) is -0.643. The van der Waals surface area contributed by atoms with Crippen LogP contribution in [0, 0.1) is 0 Å². The Hall–Kier alpha value is -2.05. The molecule has 14 heavy (non-hydrogen) atoms. The molecule has 0 unspecified atom stereocenters. The number of allylic oxidation sites excluding steroid dienone is 2. The van der Waals surface area contributed by atoms with E-state index in [0.717, 1.165) is 6.26 Å². The van der Waals surface area contributed by atoms with E-state index in [-0.39, 0.29) is 5.57 Å². The number of hydrogen-bond donors (Lipinski definition) is 0. The molecule has 0 saturated carbocycles. The van der Waals surface area contributed by atoms with Crippen molar-refractivity contribution in [3.63, 3.8) is 0 Å². The summed E-state index contributed by atoms with van der Waals surface area (Å²) in [4.78, 5) is 31.2. The van der Waals surface area contributed by atoms with Gasteiger partial charge in [-0.05, 0) is 0 Å². The van der Waals surface area contributed by atoms with E-state index in [4.69, 9.17) is 0 Å². The predicted molar refractivity (Wildman–Crippen MR) is 43.4 cm³/mol. The standard InChI is InChI=1S/C7H5BO6/c1-2-5(3-9)4-12-8-13-6(10)7(11)14-8/h2-4H,1H2/b5-4-. The lowest BCUT2D eigenvalue weighted by molar-refractivity contribution is -0.150. The zero-order chi connectivity index (χ0) is 10.6. The van der Waals surface area contributed by atoms with E-state index in [2.05, 4.69) is 20.5 Å². The lowest BCUT2D eigenvalue weighted by atomic mass is 10.2. The molecular formula is C7H5BO6. The first-order chi connectivity index (χ1) is 6.67. The van der Waals surface area contributed by atoms with Crippen LogP contribution in [0.15, 0.2) is 24.5 Å². The molecular weight excluding hydrogens is 191 g/mol. The Bertz CT molecular complexity index is 294. The van der Waals surface area contributed by atoms with Crippen LogP contribution in [-0.4, -0.2) is 25.5 Å². The van der Waals surface area contributed by atoms with Gasteiger partial charge >= 0.3 is 19.3 Å². The Morgan fingerprint density at radius 3 is 2.36 bits per heavy atom. The highest BCUT2D eigenvalue weighted by Gasteiger charge is 2.45. The van der Waals surface area contributed by atoms with E-state index in [1.54, 1.807) is 0 Å². The van der Waals surface area contributed by atoms with Crippen molar-refractivity contribution in [3.8, 4) is 0 Å². The molecule has 7 heteroatoms. The maximum absolute atomic E-state index is 10.5. The highest BCUT2D eigenvalue weighted by Crippen LogP contribution is 2.05. The summed E-state index contributed by atoms with van der Waals surface area (Å²) in [5, 5.41) is 0. The van der Waals surface area contributed by atoms with Crippen LogP contribution in [0.4, 0.5) is 0 Å². The van der Waals surface area contributed by atoms with Crippen LogP contribution in [0.3, 0.4) is 0 Å². The zero-order valence-corrected chi connectivity index (χ0v) is 6.97. The molecule has 0 bridgehead atoms. The third-order valence-electron chi connectivity index (χ3n) is 1.26. The van der Waals surface area contributed by atoms with E-state index in [0.29, 0.717) is 6.29 Å². The van der Waals surface area contributed by atoms with Crippen LogP contribution in [-0.2, 0) is 28.3 Å². The van der Waals surface area contributed by atoms with Crippen molar-refractivity contribution < 1.29 is 28.3 Å². The summed E-state index contributed by atoms with van der Waals surface area (Å²) in [5.74, 6) is -2.26. The number of hydrogen-bond acceptors (Lipinski definition) is 6. The number of aldehydes is 1. The van der Waals surface area contributed by atoms with Crippen LogP contribution in [0.1, 0.15) is 0 Å². The molecule has 0 aromatic heterocycles. The van der Waals surface area contributed by atoms with Gasteiger partial charge in [-0.3, -0.25) is 4.79 Å². The van der Waals surface area contributed by atoms with E-state index in [1.165, 1.54) is 6.08 Å². The summed E-state index contributed by atoms with van der Waals surface area (Å²) in [7, 11) is -1.43. The molecule has 1 aliphatic rings. The van der Waals surface area contributed by atoms with Crippen molar-refractivity contribution in [3.05, 3.63) is 24.5 Å². The Morgan fingerprint density at radius 1 is 1.36 bits per heavy atom. The second-order valence-corrected chi connectivity index (χ2v) is 2.18. The lowest BCUT2D eigenvalue weighted by Gasteiger charge is -1.99. The summed E-state index contributed by atoms with van der Waals surface area (Å²) >= 11 is 0. The van der Waals surface area contributed by atoms with Crippen molar-refractivity contribution in [2.45, 2.75) is 0 Å². The van der Waals surface area contributed by atoms with Gasteiger partial charge in [-0.15, -0.1) is 0 Å². The van der Waals surface area contributed by atoms with Gasteiger partial charge in [0.25, 0.3) is 0 Å². The summed E-state index contributed by atoms with van der Waals surface area (Å²) < 4.78 is 13.2. The highest BCUT2D eigenvalue weighted by molar-refractivity contribution is 6.55. The maximum Gasteiger partial charge on any atom is 0.868 e. The second-order valence-electron chi connectivity index (χ2n) is 2.18. The first-order valence-electron chi connectivity index (χ1n) is 3.52.